The predicted octanol–water partition coefficient (Wildman–Crippen LogP) is 5.11. The number of nitrogens with zero attached hydrogens (tertiary/aromatic N) is 5. The molecule has 3 aliphatic rings. The van der Waals surface area contributed by atoms with Gasteiger partial charge in [-0.3, -0.25) is 19.6 Å². The summed E-state index contributed by atoms with van der Waals surface area (Å²) in [6, 6.07) is 10.3. The molecule has 1 atom stereocenters. The van der Waals surface area contributed by atoms with E-state index in [0.717, 1.165) is 56.8 Å². The van der Waals surface area contributed by atoms with Crippen molar-refractivity contribution in [3.8, 4) is 11.3 Å². The van der Waals surface area contributed by atoms with Crippen molar-refractivity contribution in [1.82, 2.24) is 24.8 Å². The summed E-state index contributed by atoms with van der Waals surface area (Å²) in [5.74, 6) is 0.459. The van der Waals surface area contributed by atoms with Crippen molar-refractivity contribution in [2.24, 2.45) is 16.7 Å². The van der Waals surface area contributed by atoms with Crippen LogP contribution < -0.4 is 0 Å². The first-order chi connectivity index (χ1) is 19.9. The van der Waals surface area contributed by atoms with Crippen molar-refractivity contribution in [2.45, 2.75) is 39.5 Å². The van der Waals surface area contributed by atoms with E-state index in [-0.39, 0.29) is 22.7 Å². The number of carbonyl (C=O) groups is 2. The number of halogens is 3. The number of amides is 2. The van der Waals surface area contributed by atoms with Crippen LogP contribution in [0.3, 0.4) is 0 Å². The fourth-order valence-corrected chi connectivity index (χ4v) is 5.67. The minimum Gasteiger partial charge on any atom is -0.378 e. The Labute approximate surface area is 242 Å². The Morgan fingerprint density at radius 2 is 1.71 bits per heavy atom. The molecule has 4 heterocycles. The molecule has 0 radical (unpaired) electrons. The summed E-state index contributed by atoms with van der Waals surface area (Å²) in [7, 11) is 1.56. The van der Waals surface area contributed by atoms with E-state index in [4.69, 9.17) is 4.74 Å². The summed E-state index contributed by atoms with van der Waals surface area (Å²) >= 11 is 0. The highest BCUT2D eigenvalue weighted by Crippen LogP contribution is 2.54. The quantitative estimate of drug-likeness (QED) is 0.416. The molecule has 1 aromatic carbocycles. The molecule has 3 fully saturated rings. The number of rotatable bonds is 5. The lowest BCUT2D eigenvalue weighted by Crippen LogP contribution is -2.60. The van der Waals surface area contributed by atoms with E-state index in [1.54, 1.807) is 37.7 Å². The lowest BCUT2D eigenvalue weighted by molar-refractivity contribution is -0.144. The molecule has 6 rings (SSSR count). The molecule has 42 heavy (non-hydrogen) atoms. The van der Waals surface area contributed by atoms with Gasteiger partial charge < -0.3 is 14.5 Å². The Balaban J connectivity index is 0.000000172. The topological polar surface area (TPSA) is 88.5 Å². The third-order valence-corrected chi connectivity index (χ3v) is 8.29. The summed E-state index contributed by atoms with van der Waals surface area (Å²) in [4.78, 5) is 41.0. The number of hydrogen-bond acceptors (Lipinski definition) is 6. The maximum atomic E-state index is 12.5. The Morgan fingerprint density at radius 1 is 1.02 bits per heavy atom. The fraction of sp³-hybridized carbons (Fsp3) is 0.452. The molecule has 2 aromatic heterocycles. The smallest absolute Gasteiger partial charge is 0.378 e. The minimum absolute atomic E-state index is 0.0527. The van der Waals surface area contributed by atoms with Crippen LogP contribution in [0.4, 0.5) is 13.2 Å². The van der Waals surface area contributed by atoms with Crippen LogP contribution in [-0.4, -0.2) is 69.9 Å². The van der Waals surface area contributed by atoms with Gasteiger partial charge in [0, 0.05) is 62.6 Å². The van der Waals surface area contributed by atoms with Crippen LogP contribution in [0, 0.1) is 16.7 Å². The van der Waals surface area contributed by atoms with Gasteiger partial charge in [-0.2, -0.15) is 13.2 Å². The lowest BCUT2D eigenvalue weighted by Gasteiger charge is -2.48. The molecule has 11 heteroatoms. The molecule has 1 aliphatic carbocycles. The molecule has 2 aliphatic heterocycles. The first-order valence-electron chi connectivity index (χ1n) is 13.9. The minimum atomic E-state index is -4.32. The maximum absolute atomic E-state index is 12.5. The standard InChI is InChI=1S/C17H22N4O2.C14H12F3NO/c1-16(2)7-12(16)14(22)21-10-17(11-21)3-6-20(9-17)15(23)13-8-18-4-5-19-13;1-19-9-12-3-2-4-13(18-12)10-5-7-11(8-6-10)14(15,16)17/h4-5,8,12H,3,6-7,9-11H2,1-2H3;2-8H,9H2,1H3/t12-;/m1./s1. The van der Waals surface area contributed by atoms with Crippen molar-refractivity contribution < 1.29 is 27.5 Å². The average Bonchev–Trinajstić information content (AvgIpc) is 3.37. The van der Waals surface area contributed by atoms with Crippen LogP contribution in [-0.2, 0) is 22.3 Å². The summed E-state index contributed by atoms with van der Waals surface area (Å²) in [5, 5.41) is 0. The molecule has 2 amide bonds. The molecule has 222 valence electrons. The Bertz CT molecular complexity index is 1420. The van der Waals surface area contributed by atoms with Crippen LogP contribution >= 0.6 is 0 Å². The first-order valence-corrected chi connectivity index (χ1v) is 13.9. The van der Waals surface area contributed by atoms with Crippen molar-refractivity contribution in [1.29, 1.82) is 0 Å². The number of carbonyl (C=O) groups excluding carboxylic acids is 2. The van der Waals surface area contributed by atoms with Crippen LogP contribution in [0.2, 0.25) is 0 Å². The number of benzene rings is 1. The largest absolute Gasteiger partial charge is 0.416 e. The number of likely N-dealkylation sites (tertiary alicyclic amines) is 2. The number of aromatic nitrogens is 3. The predicted molar refractivity (Wildman–Crippen MR) is 149 cm³/mol. The van der Waals surface area contributed by atoms with Gasteiger partial charge in [0.15, 0.2) is 0 Å². The number of pyridine rings is 1. The fourth-order valence-electron chi connectivity index (χ4n) is 5.67. The van der Waals surface area contributed by atoms with E-state index in [1.165, 1.54) is 18.3 Å². The lowest BCUT2D eigenvalue weighted by atomic mass is 9.78. The number of hydrogen-bond donors (Lipinski definition) is 0. The normalized spacial score (nSPS) is 20.0. The van der Waals surface area contributed by atoms with Crippen molar-refractivity contribution in [3.05, 3.63) is 78.0 Å². The summed E-state index contributed by atoms with van der Waals surface area (Å²) < 4.78 is 42.3. The third kappa shape index (κ3) is 6.46. The number of alkyl halides is 3. The first kappa shape index (κ1) is 29.6. The highest BCUT2D eigenvalue weighted by atomic mass is 19.4. The van der Waals surface area contributed by atoms with E-state index < -0.39 is 11.7 Å². The van der Waals surface area contributed by atoms with Gasteiger partial charge in [0.05, 0.1) is 29.8 Å². The number of ether oxygens (including phenoxy) is 1. The van der Waals surface area contributed by atoms with Gasteiger partial charge in [-0.1, -0.05) is 32.0 Å². The van der Waals surface area contributed by atoms with E-state index in [1.807, 2.05) is 9.80 Å². The monoisotopic (exact) mass is 581 g/mol. The highest BCUT2D eigenvalue weighted by Gasteiger charge is 2.57. The van der Waals surface area contributed by atoms with Crippen molar-refractivity contribution in [2.75, 3.05) is 33.3 Å². The summed E-state index contributed by atoms with van der Waals surface area (Å²) in [6.07, 6.45) is 2.28. The summed E-state index contributed by atoms with van der Waals surface area (Å²) in [5.41, 5.74) is 2.03. The zero-order valence-corrected chi connectivity index (χ0v) is 23.9. The average molecular weight is 582 g/mol. The zero-order chi connectivity index (χ0) is 30.1. The molecule has 3 aromatic rings. The van der Waals surface area contributed by atoms with E-state index in [0.29, 0.717) is 29.5 Å². The van der Waals surface area contributed by atoms with E-state index in [9.17, 15) is 22.8 Å². The van der Waals surface area contributed by atoms with Crippen molar-refractivity contribution in [3.63, 3.8) is 0 Å². The highest BCUT2D eigenvalue weighted by molar-refractivity contribution is 5.92. The zero-order valence-electron chi connectivity index (χ0n) is 23.9. The van der Waals surface area contributed by atoms with Gasteiger partial charge in [-0.15, -0.1) is 0 Å². The van der Waals surface area contributed by atoms with Crippen LogP contribution in [0.25, 0.3) is 11.3 Å². The van der Waals surface area contributed by atoms with Gasteiger partial charge >= 0.3 is 6.18 Å². The van der Waals surface area contributed by atoms with Gasteiger partial charge in [0.1, 0.15) is 5.69 Å². The maximum Gasteiger partial charge on any atom is 0.416 e. The van der Waals surface area contributed by atoms with Gasteiger partial charge in [0.25, 0.3) is 5.91 Å². The molecule has 0 unspecified atom stereocenters. The molecule has 0 bridgehead atoms. The Kier molecular flexibility index (Phi) is 8.06. The van der Waals surface area contributed by atoms with Crippen LogP contribution in [0.5, 0.6) is 0 Å². The van der Waals surface area contributed by atoms with Crippen LogP contribution in [0.1, 0.15) is 48.4 Å². The number of methoxy groups -OCH3 is 1. The van der Waals surface area contributed by atoms with Crippen LogP contribution in [0.15, 0.2) is 61.1 Å². The molecule has 0 N–H and O–H groups in total. The summed E-state index contributed by atoms with van der Waals surface area (Å²) in [6.45, 7) is 7.73. The molecular formula is C31H34F3N5O3. The SMILES string of the molecule is CC1(C)C[C@@H]1C(=O)N1CC2(CCN(C(=O)c3cnccn3)C2)C1.COCc1cccc(-c2ccc(C(F)(F)F)cc2)n1. The molecule has 8 nitrogen and oxygen atoms in total. The van der Waals surface area contributed by atoms with E-state index >= 15 is 0 Å². The Hall–Kier alpha value is -3.86. The third-order valence-electron chi connectivity index (χ3n) is 8.29. The molecule has 2 saturated heterocycles. The molecule has 1 spiro atoms. The van der Waals surface area contributed by atoms with E-state index in [2.05, 4.69) is 28.8 Å². The van der Waals surface area contributed by atoms with Crippen molar-refractivity contribution >= 4 is 11.8 Å². The second-order valence-electron chi connectivity index (χ2n) is 12.0. The second-order valence-corrected chi connectivity index (χ2v) is 12.0. The molecule has 1 saturated carbocycles. The second kappa shape index (κ2) is 11.4. The Morgan fingerprint density at radius 3 is 2.31 bits per heavy atom. The van der Waals surface area contributed by atoms with Gasteiger partial charge in [0.2, 0.25) is 5.91 Å². The molecular weight excluding hydrogens is 547 g/mol. The van der Waals surface area contributed by atoms with Gasteiger partial charge in [-0.25, -0.2) is 4.98 Å². The van der Waals surface area contributed by atoms with Gasteiger partial charge in [-0.05, 0) is 42.5 Å².